The summed E-state index contributed by atoms with van der Waals surface area (Å²) < 4.78 is 67.5. The Morgan fingerprint density at radius 2 is 1.86 bits per heavy atom. The Morgan fingerprint density at radius 1 is 1.19 bits per heavy atom. The fourth-order valence-corrected chi connectivity index (χ4v) is 4.11. The lowest BCUT2D eigenvalue weighted by molar-refractivity contribution is -0.274. The monoisotopic (exact) mass is 554 g/mol. The number of benzene rings is 3. The van der Waals surface area contributed by atoms with Crippen LogP contribution in [0.3, 0.4) is 0 Å². The standard InChI is InChI=1S/C25H18Cl2F3N3O4/c1-12-7-8-18(32-23(35)15-9-16(26)22(34)17(27)10-15)20-21(12)31-13(2)33(24(20)36)11-14-5-3-4-6-19(14)37-25(28,29)30/h3-10,34H,11H2,1-2H3,(H,32,35)/i2D3. The Bertz CT molecular complexity index is 1690. The van der Waals surface area contributed by atoms with Crippen molar-refractivity contribution in [3.63, 3.8) is 0 Å². The molecule has 0 aliphatic rings. The Kier molecular flexibility index (Phi) is 6.03. The van der Waals surface area contributed by atoms with E-state index in [1.54, 1.807) is 6.92 Å². The highest BCUT2D eigenvalue weighted by atomic mass is 35.5. The molecular formula is C25H18Cl2F3N3O4. The van der Waals surface area contributed by atoms with E-state index in [-0.39, 0.29) is 37.8 Å². The van der Waals surface area contributed by atoms with Gasteiger partial charge in [0.25, 0.3) is 11.5 Å². The number of carbonyl (C=O) groups excluding carboxylic acids is 1. The minimum atomic E-state index is -5.04. The van der Waals surface area contributed by atoms with Crippen molar-refractivity contribution in [2.24, 2.45) is 0 Å². The van der Waals surface area contributed by atoms with Gasteiger partial charge >= 0.3 is 6.36 Å². The SMILES string of the molecule is [2H]C([2H])([2H])c1nc2c(C)ccc(NC(=O)c3cc(Cl)c(O)c(Cl)c3)c2c(=O)n1Cc1ccccc1OC(F)(F)F. The van der Waals surface area contributed by atoms with Gasteiger partial charge in [0.15, 0.2) is 5.75 Å². The van der Waals surface area contributed by atoms with E-state index in [0.29, 0.717) is 5.56 Å². The topological polar surface area (TPSA) is 93.5 Å². The van der Waals surface area contributed by atoms with Gasteiger partial charge in [0, 0.05) is 15.2 Å². The Hall–Kier alpha value is -3.76. The number of hydrogen-bond donors (Lipinski definition) is 2. The van der Waals surface area contributed by atoms with Crippen molar-refractivity contribution in [3.8, 4) is 11.5 Å². The Morgan fingerprint density at radius 3 is 2.51 bits per heavy atom. The summed E-state index contributed by atoms with van der Waals surface area (Å²) in [5, 5.41) is 11.7. The number of phenolic OH excluding ortho intramolecular Hbond substituents is 1. The predicted octanol–water partition coefficient (Wildman–Crippen LogP) is 6.22. The van der Waals surface area contributed by atoms with Gasteiger partial charge in [0.2, 0.25) is 0 Å². The molecule has 0 spiro atoms. The van der Waals surface area contributed by atoms with Gasteiger partial charge in [-0.25, -0.2) is 4.98 Å². The first-order chi connectivity index (χ1) is 18.6. The lowest BCUT2D eigenvalue weighted by Gasteiger charge is -2.17. The summed E-state index contributed by atoms with van der Waals surface area (Å²) in [5.41, 5.74) is -0.828. The third-order valence-corrected chi connectivity index (χ3v) is 5.94. The van der Waals surface area contributed by atoms with Crippen LogP contribution in [0.1, 0.15) is 31.4 Å². The fraction of sp³-hybridized carbons (Fsp3) is 0.160. The maximum absolute atomic E-state index is 13.8. The molecule has 4 aromatic rings. The zero-order valence-corrected chi connectivity index (χ0v) is 20.3. The summed E-state index contributed by atoms with van der Waals surface area (Å²) in [4.78, 5) is 31.0. The Balaban J connectivity index is 1.90. The lowest BCUT2D eigenvalue weighted by atomic mass is 10.1. The molecule has 0 fully saturated rings. The molecule has 0 atom stereocenters. The summed E-state index contributed by atoms with van der Waals surface area (Å²) in [5.74, 6) is -2.50. The average molecular weight is 555 g/mol. The molecule has 4 rings (SSSR count). The number of nitrogens with one attached hydrogen (secondary N) is 1. The average Bonchev–Trinajstić information content (AvgIpc) is 2.84. The number of ether oxygens (including phenoxy) is 1. The van der Waals surface area contributed by atoms with E-state index in [4.69, 9.17) is 27.3 Å². The molecule has 1 heterocycles. The minimum absolute atomic E-state index is 0.0354. The van der Waals surface area contributed by atoms with Gasteiger partial charge in [-0.3, -0.25) is 14.2 Å². The van der Waals surface area contributed by atoms with Gasteiger partial charge in [0.1, 0.15) is 11.6 Å². The molecule has 12 heteroatoms. The quantitative estimate of drug-likeness (QED) is 0.305. The van der Waals surface area contributed by atoms with Crippen molar-refractivity contribution in [2.45, 2.75) is 26.7 Å². The molecule has 37 heavy (non-hydrogen) atoms. The first-order valence-corrected chi connectivity index (χ1v) is 11.2. The number of aryl methyl sites for hydroxylation is 2. The maximum atomic E-state index is 13.8. The van der Waals surface area contributed by atoms with E-state index in [2.05, 4.69) is 15.0 Å². The van der Waals surface area contributed by atoms with Crippen LogP contribution in [0.2, 0.25) is 10.0 Å². The number of anilines is 1. The van der Waals surface area contributed by atoms with Crippen LogP contribution in [-0.4, -0.2) is 26.9 Å². The van der Waals surface area contributed by atoms with Crippen LogP contribution in [0.15, 0.2) is 53.3 Å². The number of aromatic nitrogens is 2. The number of amides is 1. The number of nitrogens with zero attached hydrogens (tertiary/aromatic N) is 2. The number of fused-ring (bicyclic) bond motifs is 1. The van der Waals surface area contributed by atoms with Crippen molar-refractivity contribution in [1.82, 2.24) is 9.55 Å². The molecule has 192 valence electrons. The smallest absolute Gasteiger partial charge is 0.505 e. The highest BCUT2D eigenvalue weighted by Crippen LogP contribution is 2.33. The van der Waals surface area contributed by atoms with Crippen molar-refractivity contribution < 1.29 is 31.9 Å². The summed E-state index contributed by atoms with van der Waals surface area (Å²) in [6.07, 6.45) is -5.04. The predicted molar refractivity (Wildman–Crippen MR) is 134 cm³/mol. The van der Waals surface area contributed by atoms with Crippen LogP contribution in [-0.2, 0) is 6.54 Å². The number of phenols is 1. The number of carbonyl (C=O) groups is 1. The molecule has 0 aliphatic carbocycles. The van der Waals surface area contributed by atoms with Crippen LogP contribution >= 0.6 is 23.2 Å². The summed E-state index contributed by atoms with van der Waals surface area (Å²) in [6, 6.07) is 10.2. The number of alkyl halides is 3. The van der Waals surface area contributed by atoms with E-state index >= 15 is 0 Å². The molecule has 1 amide bonds. The van der Waals surface area contributed by atoms with Gasteiger partial charge in [-0.15, -0.1) is 13.2 Å². The molecule has 0 radical (unpaired) electrons. The molecule has 0 saturated heterocycles. The highest BCUT2D eigenvalue weighted by molar-refractivity contribution is 6.37. The second-order valence-electron chi connectivity index (χ2n) is 7.88. The number of rotatable bonds is 5. The Labute approximate surface area is 222 Å². The van der Waals surface area contributed by atoms with Crippen LogP contribution in [0.5, 0.6) is 11.5 Å². The maximum Gasteiger partial charge on any atom is 0.573 e. The van der Waals surface area contributed by atoms with E-state index in [1.807, 2.05) is 0 Å². The van der Waals surface area contributed by atoms with E-state index < -0.39 is 48.5 Å². The lowest BCUT2D eigenvalue weighted by Crippen LogP contribution is -2.27. The zero-order valence-electron chi connectivity index (χ0n) is 21.8. The normalized spacial score (nSPS) is 13.1. The van der Waals surface area contributed by atoms with E-state index in [9.17, 15) is 27.9 Å². The molecule has 0 bridgehead atoms. The highest BCUT2D eigenvalue weighted by Gasteiger charge is 2.32. The van der Waals surface area contributed by atoms with E-state index in [1.165, 1.54) is 30.3 Å². The van der Waals surface area contributed by atoms with Crippen molar-refractivity contribution in [3.05, 3.63) is 91.4 Å². The number of halogens is 5. The molecule has 0 saturated carbocycles. The largest absolute Gasteiger partial charge is 0.573 e. The van der Waals surface area contributed by atoms with Crippen LogP contribution in [0.4, 0.5) is 18.9 Å². The molecular weight excluding hydrogens is 534 g/mol. The van der Waals surface area contributed by atoms with Crippen LogP contribution in [0, 0.1) is 13.8 Å². The molecule has 0 unspecified atom stereocenters. The third-order valence-electron chi connectivity index (χ3n) is 5.37. The van der Waals surface area contributed by atoms with Crippen molar-refractivity contribution in [2.75, 3.05) is 5.32 Å². The molecule has 2 N–H and O–H groups in total. The molecule has 3 aromatic carbocycles. The minimum Gasteiger partial charge on any atom is -0.505 e. The van der Waals surface area contributed by atoms with Crippen LogP contribution in [0.25, 0.3) is 10.9 Å². The van der Waals surface area contributed by atoms with Crippen LogP contribution < -0.4 is 15.6 Å². The number of aromatic hydroxyl groups is 1. The van der Waals surface area contributed by atoms with Gasteiger partial charge in [-0.05, 0) is 43.6 Å². The van der Waals surface area contributed by atoms with Gasteiger partial charge in [0.05, 0.1) is 33.2 Å². The van der Waals surface area contributed by atoms with Crippen molar-refractivity contribution in [1.29, 1.82) is 0 Å². The van der Waals surface area contributed by atoms with Gasteiger partial charge in [-0.1, -0.05) is 47.5 Å². The number of para-hydroxylation sites is 1. The molecule has 0 aliphatic heterocycles. The first kappa shape index (κ1) is 22.4. The summed E-state index contributed by atoms with van der Waals surface area (Å²) >= 11 is 11.8. The fourth-order valence-electron chi connectivity index (χ4n) is 3.62. The van der Waals surface area contributed by atoms with Crippen molar-refractivity contribution >= 4 is 45.7 Å². The van der Waals surface area contributed by atoms with Gasteiger partial charge in [-0.2, -0.15) is 0 Å². The second kappa shape index (κ2) is 9.95. The first-order valence-electron chi connectivity index (χ1n) is 11.9. The van der Waals surface area contributed by atoms with Gasteiger partial charge < -0.3 is 15.2 Å². The molecule has 7 nitrogen and oxygen atoms in total. The summed E-state index contributed by atoms with van der Waals surface area (Å²) in [6.45, 7) is -2.00. The molecule has 1 aromatic heterocycles. The zero-order chi connectivity index (χ0) is 29.6. The summed E-state index contributed by atoms with van der Waals surface area (Å²) in [7, 11) is 0. The second-order valence-corrected chi connectivity index (χ2v) is 8.69. The van der Waals surface area contributed by atoms with E-state index in [0.717, 1.165) is 22.8 Å². The number of hydrogen-bond acceptors (Lipinski definition) is 5. The third kappa shape index (κ3) is 5.50.